The Morgan fingerprint density at radius 2 is 1.84 bits per heavy atom. The second kappa shape index (κ2) is 6.10. The maximum absolute atomic E-state index is 12.2. The second-order valence-corrected chi connectivity index (χ2v) is 11.1. The lowest BCUT2D eigenvalue weighted by Gasteiger charge is -2.63. The Bertz CT molecular complexity index is 595. The van der Waals surface area contributed by atoms with Crippen molar-refractivity contribution in [3.8, 4) is 0 Å². The van der Waals surface area contributed by atoms with Crippen LogP contribution in [0.1, 0.15) is 65.2 Å². The molecule has 0 spiro atoms. The zero-order chi connectivity index (χ0) is 18.0. The molecule has 5 heteroatoms. The van der Waals surface area contributed by atoms with Crippen molar-refractivity contribution < 1.29 is 14.7 Å². The summed E-state index contributed by atoms with van der Waals surface area (Å²) in [5.74, 6) is 1.29. The molecule has 1 aliphatic heterocycles. The van der Waals surface area contributed by atoms with Crippen LogP contribution in [-0.2, 0) is 9.59 Å². The average molecular weight is 459 g/mol. The van der Waals surface area contributed by atoms with Crippen LogP contribution in [0.4, 0.5) is 0 Å². The fraction of sp³-hybridized carbons (Fsp3) is 0.900. The summed E-state index contributed by atoms with van der Waals surface area (Å²) >= 11 is 2.31. The lowest BCUT2D eigenvalue weighted by Crippen LogP contribution is -2.64. The second-order valence-electron chi connectivity index (χ2n) is 9.56. The molecule has 0 aromatic rings. The summed E-state index contributed by atoms with van der Waals surface area (Å²) in [5, 5.41) is 13.1. The van der Waals surface area contributed by atoms with Crippen LogP contribution in [0.25, 0.3) is 0 Å². The van der Waals surface area contributed by atoms with E-state index < -0.39 is 5.97 Å². The van der Waals surface area contributed by atoms with Crippen molar-refractivity contribution in [2.75, 3.05) is 0 Å². The highest BCUT2D eigenvalue weighted by molar-refractivity contribution is 14.1. The molecule has 4 nitrogen and oxygen atoms in total. The van der Waals surface area contributed by atoms with Gasteiger partial charge in [0.1, 0.15) is 0 Å². The molecule has 1 saturated heterocycles. The molecule has 1 amide bonds. The number of alkyl halides is 1. The summed E-state index contributed by atoms with van der Waals surface area (Å²) in [4.78, 5) is 24.1. The number of fused-ring (bicyclic) bond motifs is 5. The van der Waals surface area contributed by atoms with Gasteiger partial charge in [0.2, 0.25) is 5.91 Å². The minimum Gasteiger partial charge on any atom is -0.481 e. The van der Waals surface area contributed by atoms with Crippen LogP contribution in [0.3, 0.4) is 0 Å². The molecule has 0 bridgehead atoms. The first kappa shape index (κ1) is 18.1. The van der Waals surface area contributed by atoms with E-state index in [4.69, 9.17) is 0 Å². The summed E-state index contributed by atoms with van der Waals surface area (Å²) < 4.78 is 0.0732. The van der Waals surface area contributed by atoms with E-state index in [-0.39, 0.29) is 26.6 Å². The molecule has 140 valence electrons. The van der Waals surface area contributed by atoms with Crippen LogP contribution in [-0.4, -0.2) is 26.9 Å². The maximum atomic E-state index is 12.2. The van der Waals surface area contributed by atoms with E-state index in [2.05, 4.69) is 41.8 Å². The van der Waals surface area contributed by atoms with Crippen LogP contribution >= 0.6 is 22.6 Å². The fourth-order valence-electron chi connectivity index (χ4n) is 7.33. The van der Waals surface area contributed by atoms with Crippen LogP contribution in [0.5, 0.6) is 0 Å². The molecule has 0 radical (unpaired) electrons. The molecule has 1 unspecified atom stereocenters. The summed E-state index contributed by atoms with van der Waals surface area (Å²) in [6, 6.07) is 0.315. The Hall–Kier alpha value is -0.330. The van der Waals surface area contributed by atoms with Gasteiger partial charge in [-0.3, -0.25) is 9.59 Å². The third-order valence-corrected chi connectivity index (χ3v) is 9.63. The van der Waals surface area contributed by atoms with Crippen molar-refractivity contribution in [3.63, 3.8) is 0 Å². The zero-order valence-corrected chi connectivity index (χ0v) is 17.4. The summed E-state index contributed by atoms with van der Waals surface area (Å²) in [7, 11) is 0. The normalized spacial score (nSPS) is 52.4. The van der Waals surface area contributed by atoms with Crippen LogP contribution in [0.15, 0.2) is 0 Å². The Kier molecular flexibility index (Phi) is 4.40. The van der Waals surface area contributed by atoms with E-state index in [1.165, 1.54) is 6.42 Å². The first-order valence-corrected chi connectivity index (χ1v) is 11.2. The molecule has 4 fully saturated rings. The van der Waals surface area contributed by atoms with Crippen molar-refractivity contribution in [3.05, 3.63) is 0 Å². The molecule has 2 N–H and O–H groups in total. The van der Waals surface area contributed by atoms with Crippen molar-refractivity contribution in [1.82, 2.24) is 5.32 Å². The van der Waals surface area contributed by atoms with Gasteiger partial charge in [-0.05, 0) is 73.5 Å². The monoisotopic (exact) mass is 459 g/mol. The number of nitrogens with one attached hydrogen (secondary N) is 1. The zero-order valence-electron chi connectivity index (χ0n) is 15.3. The summed E-state index contributed by atoms with van der Waals surface area (Å²) in [5.41, 5.74) is 0.149. The third kappa shape index (κ3) is 2.58. The van der Waals surface area contributed by atoms with Gasteiger partial charge in [-0.25, -0.2) is 0 Å². The number of carbonyl (C=O) groups is 2. The molecular formula is C20H30INO3. The van der Waals surface area contributed by atoms with Gasteiger partial charge < -0.3 is 10.4 Å². The van der Waals surface area contributed by atoms with Gasteiger partial charge in [-0.1, -0.05) is 42.9 Å². The number of piperidine rings is 1. The minimum absolute atomic E-state index is 0.0317. The fourth-order valence-corrected chi connectivity index (χ4v) is 8.46. The van der Waals surface area contributed by atoms with E-state index in [1.807, 2.05) is 0 Å². The average Bonchev–Trinajstić information content (AvgIpc) is 2.54. The highest BCUT2D eigenvalue weighted by Gasteiger charge is 2.60. The standard InChI is InChI=1S/C20H30INO3/c1-19-9-8-13-11(12(19)4-3-5-14(19)18(24)25)6-7-16-20(13,2)10-15(21)17(23)22-16/h11-16H,3-10H2,1-2H3,(H,22,23)(H,24,25)/t11-,12-,13-,14+,15?,16+,19-,20+/m0/s1. The highest BCUT2D eigenvalue weighted by Crippen LogP contribution is 2.64. The number of hydrogen-bond acceptors (Lipinski definition) is 2. The molecule has 0 aromatic carbocycles. The number of amides is 1. The van der Waals surface area contributed by atoms with E-state index in [9.17, 15) is 14.7 Å². The first-order valence-electron chi connectivity index (χ1n) is 9.94. The molecule has 4 rings (SSSR count). The first-order chi connectivity index (χ1) is 11.8. The topological polar surface area (TPSA) is 66.4 Å². The number of hydrogen-bond donors (Lipinski definition) is 2. The van der Waals surface area contributed by atoms with Crippen LogP contribution in [0, 0.1) is 34.5 Å². The van der Waals surface area contributed by atoms with Crippen molar-refractivity contribution in [2.24, 2.45) is 34.5 Å². The highest BCUT2D eigenvalue weighted by atomic mass is 127. The summed E-state index contributed by atoms with van der Waals surface area (Å²) in [6.07, 6.45) is 8.49. The van der Waals surface area contributed by atoms with E-state index in [0.717, 1.165) is 44.9 Å². The molecule has 0 aromatic heterocycles. The van der Waals surface area contributed by atoms with Gasteiger partial charge >= 0.3 is 5.97 Å². The van der Waals surface area contributed by atoms with Crippen molar-refractivity contribution in [1.29, 1.82) is 0 Å². The van der Waals surface area contributed by atoms with Gasteiger partial charge in [0.15, 0.2) is 0 Å². The Morgan fingerprint density at radius 1 is 1.12 bits per heavy atom. The maximum Gasteiger partial charge on any atom is 0.307 e. The molecule has 3 aliphatic carbocycles. The van der Waals surface area contributed by atoms with Gasteiger partial charge in [0.05, 0.1) is 9.84 Å². The SMILES string of the molecule is C[C@]12CC(I)C(=O)N[C@@H]1CC[C@@H]1[C@@H]2CC[C@]2(C)[C@@H](C(=O)O)CCC[C@@H]12. The molecule has 25 heavy (non-hydrogen) atoms. The molecular weight excluding hydrogens is 429 g/mol. The molecule has 1 heterocycles. The predicted molar refractivity (Wildman–Crippen MR) is 104 cm³/mol. The molecule has 8 atom stereocenters. The number of carboxylic acid groups (broad SMARTS) is 1. The van der Waals surface area contributed by atoms with Crippen LogP contribution in [0.2, 0.25) is 0 Å². The number of aliphatic carboxylic acids is 1. The lowest BCUT2D eigenvalue weighted by molar-refractivity contribution is -0.166. The Balaban J connectivity index is 1.65. The smallest absolute Gasteiger partial charge is 0.307 e. The quantitative estimate of drug-likeness (QED) is 0.460. The number of rotatable bonds is 1. The van der Waals surface area contributed by atoms with Gasteiger partial charge in [0.25, 0.3) is 0 Å². The predicted octanol–water partition coefficient (Wildman–Crippen LogP) is 4.01. The Morgan fingerprint density at radius 3 is 2.56 bits per heavy atom. The van der Waals surface area contributed by atoms with E-state index in [0.29, 0.717) is 23.8 Å². The third-order valence-electron chi connectivity index (χ3n) is 8.63. The van der Waals surface area contributed by atoms with Gasteiger partial charge in [0, 0.05) is 6.04 Å². The van der Waals surface area contributed by atoms with Gasteiger partial charge in [-0.2, -0.15) is 0 Å². The molecule has 4 aliphatic rings. The lowest BCUT2D eigenvalue weighted by atomic mass is 9.43. The van der Waals surface area contributed by atoms with Crippen molar-refractivity contribution >= 4 is 34.5 Å². The number of carboxylic acids is 1. The van der Waals surface area contributed by atoms with E-state index >= 15 is 0 Å². The van der Waals surface area contributed by atoms with E-state index in [1.54, 1.807) is 0 Å². The largest absolute Gasteiger partial charge is 0.481 e. The van der Waals surface area contributed by atoms with Crippen molar-refractivity contribution in [2.45, 2.75) is 75.2 Å². The Labute approximate surface area is 164 Å². The minimum atomic E-state index is -0.581. The number of halogens is 1. The number of carbonyl (C=O) groups excluding carboxylic acids is 1. The summed E-state index contributed by atoms with van der Waals surface area (Å²) in [6.45, 7) is 4.67. The van der Waals surface area contributed by atoms with Crippen LogP contribution < -0.4 is 5.32 Å². The molecule has 3 saturated carbocycles. The van der Waals surface area contributed by atoms with Gasteiger partial charge in [-0.15, -0.1) is 0 Å².